The van der Waals surface area contributed by atoms with Crippen molar-refractivity contribution in [1.29, 1.82) is 0 Å². The van der Waals surface area contributed by atoms with Gasteiger partial charge in [-0.3, -0.25) is 4.79 Å². The zero-order valence-electron chi connectivity index (χ0n) is 9.29. The molecule has 0 spiro atoms. The molecule has 86 valence electrons. The summed E-state index contributed by atoms with van der Waals surface area (Å²) in [6.45, 7) is 1.99. The number of carbonyl (C=O) groups is 1. The van der Waals surface area contributed by atoms with Gasteiger partial charge in [-0.15, -0.1) is 0 Å². The average Bonchev–Trinajstić information content (AvgIpc) is 3.12. The Kier molecular flexibility index (Phi) is 3.05. The SMILES string of the molecule is CCc1cc(C(=O)NC2CC2)cc(NN)n1. The zero-order chi connectivity index (χ0) is 11.5. The van der Waals surface area contributed by atoms with Gasteiger partial charge >= 0.3 is 0 Å². The quantitative estimate of drug-likeness (QED) is 0.518. The fourth-order valence-corrected chi connectivity index (χ4v) is 1.47. The van der Waals surface area contributed by atoms with Crippen LogP contribution in [0.15, 0.2) is 12.1 Å². The van der Waals surface area contributed by atoms with Gasteiger partial charge in [0, 0.05) is 17.3 Å². The van der Waals surface area contributed by atoms with E-state index in [4.69, 9.17) is 5.84 Å². The Morgan fingerprint density at radius 1 is 1.56 bits per heavy atom. The minimum Gasteiger partial charge on any atom is -0.349 e. The minimum absolute atomic E-state index is 0.0453. The first kappa shape index (κ1) is 10.9. The normalized spacial score (nSPS) is 14.6. The highest BCUT2D eigenvalue weighted by Crippen LogP contribution is 2.20. The monoisotopic (exact) mass is 220 g/mol. The molecule has 0 atom stereocenters. The Labute approximate surface area is 94.4 Å². The highest BCUT2D eigenvalue weighted by molar-refractivity contribution is 5.95. The second-order valence-corrected chi connectivity index (χ2v) is 3.98. The lowest BCUT2D eigenvalue weighted by molar-refractivity contribution is 0.0951. The Morgan fingerprint density at radius 2 is 2.31 bits per heavy atom. The van der Waals surface area contributed by atoms with E-state index >= 15 is 0 Å². The van der Waals surface area contributed by atoms with E-state index in [1.165, 1.54) is 0 Å². The molecule has 0 bridgehead atoms. The largest absolute Gasteiger partial charge is 0.349 e. The summed E-state index contributed by atoms with van der Waals surface area (Å²) in [4.78, 5) is 16.1. The van der Waals surface area contributed by atoms with Crippen molar-refractivity contribution in [1.82, 2.24) is 10.3 Å². The molecule has 1 saturated carbocycles. The minimum atomic E-state index is -0.0453. The average molecular weight is 220 g/mol. The van der Waals surface area contributed by atoms with Gasteiger partial charge in [-0.05, 0) is 31.4 Å². The van der Waals surface area contributed by atoms with E-state index in [0.29, 0.717) is 17.4 Å². The number of hydrogen-bond acceptors (Lipinski definition) is 4. The Balaban J connectivity index is 2.20. The van der Waals surface area contributed by atoms with Crippen molar-refractivity contribution in [3.05, 3.63) is 23.4 Å². The maximum Gasteiger partial charge on any atom is 0.251 e. The molecular formula is C11H16N4O. The van der Waals surface area contributed by atoms with Crippen LogP contribution < -0.4 is 16.6 Å². The maximum absolute atomic E-state index is 11.8. The van der Waals surface area contributed by atoms with Crippen molar-refractivity contribution in [2.24, 2.45) is 5.84 Å². The van der Waals surface area contributed by atoms with Crippen molar-refractivity contribution < 1.29 is 4.79 Å². The number of nitrogens with two attached hydrogens (primary N) is 1. The van der Waals surface area contributed by atoms with Crippen LogP contribution in [0.5, 0.6) is 0 Å². The molecule has 0 aliphatic heterocycles. The van der Waals surface area contributed by atoms with Crippen LogP contribution in [-0.4, -0.2) is 16.9 Å². The summed E-state index contributed by atoms with van der Waals surface area (Å²) in [5, 5.41) is 2.94. The summed E-state index contributed by atoms with van der Waals surface area (Å²) in [7, 11) is 0. The van der Waals surface area contributed by atoms with Crippen LogP contribution in [0.3, 0.4) is 0 Å². The first-order valence-electron chi connectivity index (χ1n) is 5.51. The molecule has 1 aromatic heterocycles. The number of amides is 1. The molecule has 0 unspecified atom stereocenters. The summed E-state index contributed by atoms with van der Waals surface area (Å²) in [6.07, 6.45) is 2.94. The van der Waals surface area contributed by atoms with Crippen molar-refractivity contribution in [3.63, 3.8) is 0 Å². The molecule has 1 heterocycles. The molecule has 5 heteroatoms. The Bertz CT molecular complexity index is 379. The van der Waals surface area contributed by atoms with Gasteiger partial charge in [0.15, 0.2) is 0 Å². The second-order valence-electron chi connectivity index (χ2n) is 3.98. The number of hydrogen-bond donors (Lipinski definition) is 3. The van der Waals surface area contributed by atoms with Crippen LogP contribution >= 0.6 is 0 Å². The van der Waals surface area contributed by atoms with Crippen LogP contribution in [0.1, 0.15) is 35.8 Å². The van der Waals surface area contributed by atoms with Gasteiger partial charge in [0.2, 0.25) is 0 Å². The van der Waals surface area contributed by atoms with Gasteiger partial charge in [-0.2, -0.15) is 0 Å². The first-order valence-corrected chi connectivity index (χ1v) is 5.51. The lowest BCUT2D eigenvalue weighted by atomic mass is 10.2. The molecule has 0 radical (unpaired) electrons. The third-order valence-corrected chi connectivity index (χ3v) is 2.56. The number of aryl methyl sites for hydroxylation is 1. The lowest BCUT2D eigenvalue weighted by Gasteiger charge is -2.07. The van der Waals surface area contributed by atoms with Gasteiger partial charge in [0.1, 0.15) is 5.82 Å². The summed E-state index contributed by atoms with van der Waals surface area (Å²) in [6, 6.07) is 3.83. The number of nitrogens with one attached hydrogen (secondary N) is 2. The number of anilines is 1. The van der Waals surface area contributed by atoms with E-state index in [1.54, 1.807) is 12.1 Å². The molecule has 1 aromatic rings. The van der Waals surface area contributed by atoms with Crippen molar-refractivity contribution in [2.75, 3.05) is 5.43 Å². The predicted octanol–water partition coefficient (Wildman–Crippen LogP) is 0.822. The molecule has 5 nitrogen and oxygen atoms in total. The molecule has 1 fully saturated rings. The summed E-state index contributed by atoms with van der Waals surface area (Å²) in [5.74, 6) is 5.79. The molecule has 2 rings (SSSR count). The van der Waals surface area contributed by atoms with Crippen LogP contribution in [-0.2, 0) is 6.42 Å². The number of rotatable bonds is 4. The van der Waals surface area contributed by atoms with Crippen molar-refractivity contribution in [3.8, 4) is 0 Å². The number of hydrazine groups is 1. The van der Waals surface area contributed by atoms with Crippen molar-refractivity contribution >= 4 is 11.7 Å². The van der Waals surface area contributed by atoms with Crippen LogP contribution in [0, 0.1) is 0 Å². The molecule has 0 saturated heterocycles. The standard InChI is InChI=1S/C11H16N4O/c1-2-8-5-7(6-10(13-8)15-12)11(16)14-9-3-4-9/h5-6,9H,2-4,12H2,1H3,(H,13,15)(H,14,16). The third-order valence-electron chi connectivity index (χ3n) is 2.56. The summed E-state index contributed by atoms with van der Waals surface area (Å²) in [5.41, 5.74) is 3.95. The van der Waals surface area contributed by atoms with E-state index in [-0.39, 0.29) is 5.91 Å². The summed E-state index contributed by atoms with van der Waals surface area (Å²) < 4.78 is 0. The van der Waals surface area contributed by atoms with E-state index in [9.17, 15) is 4.79 Å². The summed E-state index contributed by atoms with van der Waals surface area (Å²) >= 11 is 0. The van der Waals surface area contributed by atoms with E-state index < -0.39 is 0 Å². The number of aromatic nitrogens is 1. The van der Waals surface area contributed by atoms with E-state index in [2.05, 4.69) is 15.7 Å². The second kappa shape index (κ2) is 4.49. The Hall–Kier alpha value is -1.62. The van der Waals surface area contributed by atoms with Gasteiger partial charge in [0.25, 0.3) is 5.91 Å². The fourth-order valence-electron chi connectivity index (χ4n) is 1.47. The van der Waals surface area contributed by atoms with Crippen LogP contribution in [0.4, 0.5) is 5.82 Å². The molecule has 16 heavy (non-hydrogen) atoms. The number of carbonyl (C=O) groups excluding carboxylic acids is 1. The molecule has 1 aliphatic carbocycles. The molecule has 1 amide bonds. The van der Waals surface area contributed by atoms with E-state index in [1.807, 2.05) is 6.92 Å². The molecular weight excluding hydrogens is 204 g/mol. The first-order chi connectivity index (χ1) is 7.72. The molecule has 4 N–H and O–H groups in total. The smallest absolute Gasteiger partial charge is 0.251 e. The van der Waals surface area contributed by atoms with Crippen LogP contribution in [0.2, 0.25) is 0 Å². The predicted molar refractivity (Wildman–Crippen MR) is 61.9 cm³/mol. The molecule has 1 aliphatic rings. The van der Waals surface area contributed by atoms with Gasteiger partial charge < -0.3 is 10.7 Å². The number of nitrogen functional groups attached to an aromatic ring is 1. The highest BCUT2D eigenvalue weighted by Gasteiger charge is 2.24. The van der Waals surface area contributed by atoms with Gasteiger partial charge in [-0.25, -0.2) is 10.8 Å². The number of pyridine rings is 1. The number of nitrogens with zero attached hydrogens (tertiary/aromatic N) is 1. The van der Waals surface area contributed by atoms with Crippen LogP contribution in [0.25, 0.3) is 0 Å². The highest BCUT2D eigenvalue weighted by atomic mass is 16.1. The van der Waals surface area contributed by atoms with Gasteiger partial charge in [0.05, 0.1) is 0 Å². The molecule has 0 aromatic carbocycles. The fraction of sp³-hybridized carbons (Fsp3) is 0.455. The lowest BCUT2D eigenvalue weighted by Crippen LogP contribution is -2.26. The van der Waals surface area contributed by atoms with Gasteiger partial charge in [-0.1, -0.05) is 6.92 Å². The third kappa shape index (κ3) is 2.49. The maximum atomic E-state index is 11.8. The van der Waals surface area contributed by atoms with E-state index in [0.717, 1.165) is 25.0 Å². The topological polar surface area (TPSA) is 80.0 Å². The zero-order valence-corrected chi connectivity index (χ0v) is 9.29. The van der Waals surface area contributed by atoms with Crippen molar-refractivity contribution in [2.45, 2.75) is 32.2 Å². The Morgan fingerprint density at radius 3 is 2.88 bits per heavy atom.